The molecule has 1 fully saturated rings. The minimum Gasteiger partial charge on any atom is -0.361 e. The molecule has 0 unspecified atom stereocenters. The van der Waals surface area contributed by atoms with Crippen molar-refractivity contribution in [1.29, 1.82) is 0 Å². The van der Waals surface area contributed by atoms with E-state index >= 15 is 0 Å². The lowest BCUT2D eigenvalue weighted by molar-refractivity contribution is -0.125. The summed E-state index contributed by atoms with van der Waals surface area (Å²) >= 11 is 0. The number of aromatic nitrogens is 1. The molecule has 88 valence electrons. The van der Waals surface area contributed by atoms with E-state index in [-0.39, 0.29) is 11.8 Å². The van der Waals surface area contributed by atoms with Crippen LogP contribution in [0, 0.1) is 12.8 Å². The SMILES string of the molecule is Cc1cc(CNC(=O)[C@@H]2CCCNC2)no1. The number of nitrogens with one attached hydrogen (secondary N) is 2. The molecule has 1 atom stereocenters. The third kappa shape index (κ3) is 2.82. The molecule has 2 rings (SSSR count). The first-order valence-electron chi connectivity index (χ1n) is 5.66. The first kappa shape index (κ1) is 11.1. The zero-order chi connectivity index (χ0) is 11.4. The largest absolute Gasteiger partial charge is 0.361 e. The molecule has 1 aliphatic rings. The van der Waals surface area contributed by atoms with E-state index in [1.807, 2.05) is 13.0 Å². The molecular formula is C11H17N3O2. The van der Waals surface area contributed by atoms with Crippen LogP contribution in [0.1, 0.15) is 24.3 Å². The van der Waals surface area contributed by atoms with Gasteiger partial charge in [-0.25, -0.2) is 0 Å². The van der Waals surface area contributed by atoms with Crippen LogP contribution < -0.4 is 10.6 Å². The Balaban J connectivity index is 1.78. The molecule has 0 saturated carbocycles. The summed E-state index contributed by atoms with van der Waals surface area (Å²) in [6, 6.07) is 1.83. The van der Waals surface area contributed by atoms with Crippen LogP contribution in [0.2, 0.25) is 0 Å². The number of nitrogens with zero attached hydrogens (tertiary/aromatic N) is 1. The molecule has 0 bridgehead atoms. The number of hydrogen-bond acceptors (Lipinski definition) is 4. The van der Waals surface area contributed by atoms with Gasteiger partial charge in [-0.15, -0.1) is 0 Å². The van der Waals surface area contributed by atoms with Gasteiger partial charge in [0.15, 0.2) is 0 Å². The van der Waals surface area contributed by atoms with Crippen molar-refractivity contribution < 1.29 is 9.32 Å². The van der Waals surface area contributed by atoms with Gasteiger partial charge in [0.25, 0.3) is 0 Å². The van der Waals surface area contributed by atoms with Gasteiger partial charge in [0.1, 0.15) is 11.5 Å². The van der Waals surface area contributed by atoms with Crippen LogP contribution in [0.4, 0.5) is 0 Å². The van der Waals surface area contributed by atoms with Crippen molar-refractivity contribution in [2.75, 3.05) is 13.1 Å². The van der Waals surface area contributed by atoms with E-state index in [0.717, 1.165) is 37.4 Å². The standard InChI is InChI=1S/C11H17N3O2/c1-8-5-10(14-16-8)7-13-11(15)9-3-2-4-12-6-9/h5,9,12H,2-4,6-7H2,1H3,(H,13,15)/t9-/m1/s1. The second kappa shape index (κ2) is 5.12. The van der Waals surface area contributed by atoms with Gasteiger partial charge in [-0.05, 0) is 26.3 Å². The van der Waals surface area contributed by atoms with E-state index < -0.39 is 0 Å². The van der Waals surface area contributed by atoms with Crippen molar-refractivity contribution in [3.8, 4) is 0 Å². The highest BCUT2D eigenvalue weighted by atomic mass is 16.5. The van der Waals surface area contributed by atoms with Crippen LogP contribution in [-0.4, -0.2) is 24.2 Å². The molecule has 16 heavy (non-hydrogen) atoms. The number of hydrogen-bond donors (Lipinski definition) is 2. The van der Waals surface area contributed by atoms with E-state index in [2.05, 4.69) is 15.8 Å². The van der Waals surface area contributed by atoms with E-state index in [1.165, 1.54) is 0 Å². The second-order valence-electron chi connectivity index (χ2n) is 4.19. The lowest BCUT2D eigenvalue weighted by Gasteiger charge is -2.21. The summed E-state index contributed by atoms with van der Waals surface area (Å²) in [5.74, 6) is 0.971. The van der Waals surface area contributed by atoms with Crippen molar-refractivity contribution in [3.05, 3.63) is 17.5 Å². The fourth-order valence-electron chi connectivity index (χ4n) is 1.90. The van der Waals surface area contributed by atoms with Crippen molar-refractivity contribution >= 4 is 5.91 Å². The summed E-state index contributed by atoms with van der Waals surface area (Å²) in [5, 5.41) is 9.93. The average Bonchev–Trinajstić information content (AvgIpc) is 2.73. The Morgan fingerprint density at radius 2 is 2.62 bits per heavy atom. The third-order valence-electron chi connectivity index (χ3n) is 2.79. The fourth-order valence-corrected chi connectivity index (χ4v) is 1.90. The molecule has 5 nitrogen and oxygen atoms in total. The predicted molar refractivity (Wildman–Crippen MR) is 58.7 cm³/mol. The fraction of sp³-hybridized carbons (Fsp3) is 0.636. The molecule has 5 heteroatoms. The molecule has 2 N–H and O–H groups in total. The van der Waals surface area contributed by atoms with Crippen molar-refractivity contribution in [2.24, 2.45) is 5.92 Å². The second-order valence-corrected chi connectivity index (χ2v) is 4.19. The van der Waals surface area contributed by atoms with E-state index in [0.29, 0.717) is 6.54 Å². The maximum atomic E-state index is 11.8. The minimum absolute atomic E-state index is 0.0988. The normalized spacial score (nSPS) is 20.7. The minimum atomic E-state index is 0.0988. The molecule has 2 heterocycles. The van der Waals surface area contributed by atoms with Gasteiger partial charge >= 0.3 is 0 Å². The molecule has 1 aromatic rings. The molecule has 1 saturated heterocycles. The summed E-state index contributed by atoms with van der Waals surface area (Å²) in [6.07, 6.45) is 2.04. The Kier molecular flexibility index (Phi) is 3.56. The van der Waals surface area contributed by atoms with Crippen molar-refractivity contribution in [2.45, 2.75) is 26.3 Å². The number of rotatable bonds is 3. The summed E-state index contributed by atoms with van der Waals surface area (Å²) in [6.45, 7) is 4.09. The number of amides is 1. The summed E-state index contributed by atoms with van der Waals surface area (Å²) in [5.41, 5.74) is 0.773. The number of carbonyl (C=O) groups excluding carboxylic acids is 1. The third-order valence-corrected chi connectivity index (χ3v) is 2.79. The van der Waals surface area contributed by atoms with E-state index in [1.54, 1.807) is 0 Å². The van der Waals surface area contributed by atoms with Crippen LogP contribution >= 0.6 is 0 Å². The molecule has 0 aromatic carbocycles. The number of piperidine rings is 1. The van der Waals surface area contributed by atoms with E-state index in [9.17, 15) is 4.79 Å². The predicted octanol–water partition coefficient (Wildman–Crippen LogP) is 0.599. The van der Waals surface area contributed by atoms with Gasteiger partial charge in [-0.2, -0.15) is 0 Å². The Bertz CT molecular complexity index is 356. The highest BCUT2D eigenvalue weighted by Crippen LogP contribution is 2.10. The van der Waals surface area contributed by atoms with Gasteiger partial charge in [-0.1, -0.05) is 5.16 Å². The first-order chi connectivity index (χ1) is 7.75. The van der Waals surface area contributed by atoms with Gasteiger partial charge in [0, 0.05) is 12.6 Å². The Morgan fingerprint density at radius 3 is 3.25 bits per heavy atom. The molecule has 1 amide bonds. The lowest BCUT2D eigenvalue weighted by Crippen LogP contribution is -2.40. The number of aryl methyl sites for hydroxylation is 1. The van der Waals surface area contributed by atoms with Gasteiger partial charge in [0.2, 0.25) is 5.91 Å². The molecule has 0 aliphatic carbocycles. The van der Waals surface area contributed by atoms with Crippen LogP contribution in [-0.2, 0) is 11.3 Å². The zero-order valence-corrected chi connectivity index (χ0v) is 9.45. The van der Waals surface area contributed by atoms with Gasteiger partial charge in [-0.3, -0.25) is 4.79 Å². The van der Waals surface area contributed by atoms with Crippen LogP contribution in [0.5, 0.6) is 0 Å². The van der Waals surface area contributed by atoms with Crippen molar-refractivity contribution in [1.82, 2.24) is 15.8 Å². The zero-order valence-electron chi connectivity index (χ0n) is 9.45. The molecule has 1 aliphatic heterocycles. The highest BCUT2D eigenvalue weighted by Gasteiger charge is 2.20. The average molecular weight is 223 g/mol. The molecule has 0 spiro atoms. The smallest absolute Gasteiger partial charge is 0.224 e. The summed E-state index contributed by atoms with van der Waals surface area (Å²) in [7, 11) is 0. The van der Waals surface area contributed by atoms with Crippen LogP contribution in [0.25, 0.3) is 0 Å². The maximum absolute atomic E-state index is 11.8. The Labute approximate surface area is 94.6 Å². The van der Waals surface area contributed by atoms with Gasteiger partial charge in [0.05, 0.1) is 12.5 Å². The topological polar surface area (TPSA) is 67.2 Å². The molecule has 0 radical (unpaired) electrons. The first-order valence-corrected chi connectivity index (χ1v) is 5.66. The molecular weight excluding hydrogens is 206 g/mol. The van der Waals surface area contributed by atoms with Gasteiger partial charge < -0.3 is 15.2 Å². The monoisotopic (exact) mass is 223 g/mol. The quantitative estimate of drug-likeness (QED) is 0.787. The summed E-state index contributed by atoms with van der Waals surface area (Å²) < 4.78 is 4.93. The Hall–Kier alpha value is -1.36. The van der Waals surface area contributed by atoms with Crippen molar-refractivity contribution in [3.63, 3.8) is 0 Å². The maximum Gasteiger partial charge on any atom is 0.224 e. The van der Waals surface area contributed by atoms with Crippen LogP contribution in [0.15, 0.2) is 10.6 Å². The Morgan fingerprint density at radius 1 is 1.75 bits per heavy atom. The number of carbonyl (C=O) groups is 1. The highest BCUT2D eigenvalue weighted by molar-refractivity contribution is 5.78. The summed E-state index contributed by atoms with van der Waals surface area (Å²) in [4.78, 5) is 11.8. The molecule has 1 aromatic heterocycles. The van der Waals surface area contributed by atoms with Crippen LogP contribution in [0.3, 0.4) is 0 Å². The lowest BCUT2D eigenvalue weighted by atomic mass is 9.99. The van der Waals surface area contributed by atoms with E-state index in [4.69, 9.17) is 4.52 Å².